The number of rotatable bonds is 7. The molecule has 21 heavy (non-hydrogen) atoms. The van der Waals surface area contributed by atoms with Crippen LogP contribution < -0.4 is 5.32 Å². The monoisotopic (exact) mass is 331 g/mol. The molecule has 0 heterocycles. The van der Waals surface area contributed by atoms with Crippen molar-refractivity contribution in [3.05, 3.63) is 33.8 Å². The number of carbonyl (C=O) groups excluding carboxylic acids is 1. The lowest BCUT2D eigenvalue weighted by molar-refractivity contribution is -0.137. The molecule has 2 N–H and O–H groups in total. The van der Waals surface area contributed by atoms with Crippen LogP contribution >= 0.6 is 23.2 Å². The van der Waals surface area contributed by atoms with E-state index in [-0.39, 0.29) is 17.7 Å². The minimum Gasteiger partial charge on any atom is -0.481 e. The summed E-state index contributed by atoms with van der Waals surface area (Å²) >= 11 is 11.7. The average Bonchev–Trinajstić information content (AvgIpc) is 2.35. The van der Waals surface area contributed by atoms with E-state index in [2.05, 4.69) is 5.32 Å². The Morgan fingerprint density at radius 3 is 2.24 bits per heavy atom. The van der Waals surface area contributed by atoms with Crippen molar-refractivity contribution in [2.24, 2.45) is 5.41 Å². The second kappa shape index (κ2) is 7.66. The van der Waals surface area contributed by atoms with E-state index in [0.717, 1.165) is 0 Å². The van der Waals surface area contributed by atoms with Crippen LogP contribution in [0.1, 0.15) is 43.5 Å². The van der Waals surface area contributed by atoms with Gasteiger partial charge < -0.3 is 10.4 Å². The first-order valence-electron chi connectivity index (χ1n) is 6.66. The molecule has 0 bridgehead atoms. The predicted octanol–water partition coefficient (Wildman–Crippen LogP) is 4.00. The largest absolute Gasteiger partial charge is 0.481 e. The first kappa shape index (κ1) is 17.8. The summed E-state index contributed by atoms with van der Waals surface area (Å²) in [5, 5.41) is 12.3. The van der Waals surface area contributed by atoms with Crippen molar-refractivity contribution in [2.45, 2.75) is 33.1 Å². The number of benzene rings is 1. The van der Waals surface area contributed by atoms with Crippen molar-refractivity contribution >= 4 is 35.1 Å². The third kappa shape index (κ3) is 6.82. The highest BCUT2D eigenvalue weighted by Crippen LogP contribution is 2.26. The van der Waals surface area contributed by atoms with E-state index in [4.69, 9.17) is 28.3 Å². The smallest absolute Gasteiger partial charge is 0.303 e. The van der Waals surface area contributed by atoms with Gasteiger partial charge >= 0.3 is 5.97 Å². The van der Waals surface area contributed by atoms with Crippen molar-refractivity contribution in [3.63, 3.8) is 0 Å². The van der Waals surface area contributed by atoms with E-state index in [1.807, 2.05) is 13.8 Å². The summed E-state index contributed by atoms with van der Waals surface area (Å²) in [7, 11) is 0. The number of hydrogen-bond acceptors (Lipinski definition) is 2. The molecule has 0 fully saturated rings. The lowest BCUT2D eigenvalue weighted by Crippen LogP contribution is -2.28. The second-order valence-electron chi connectivity index (χ2n) is 5.72. The predicted molar refractivity (Wildman–Crippen MR) is 84.1 cm³/mol. The quantitative estimate of drug-likeness (QED) is 0.793. The van der Waals surface area contributed by atoms with Crippen LogP contribution in [0.3, 0.4) is 0 Å². The third-order valence-corrected chi connectivity index (χ3v) is 3.66. The van der Waals surface area contributed by atoms with Crippen molar-refractivity contribution in [1.29, 1.82) is 0 Å². The molecule has 6 heteroatoms. The van der Waals surface area contributed by atoms with Gasteiger partial charge in [-0.1, -0.05) is 37.0 Å². The molecule has 0 aliphatic heterocycles. The Kier molecular flexibility index (Phi) is 6.49. The molecule has 1 rings (SSSR count). The standard InChI is InChI=1S/C15H19Cl2NO3/c1-15(2,4-3-13(19)20)5-6-18-14(21)10-7-11(16)9-12(17)8-10/h7-9H,3-6H2,1-2H3,(H,18,21)(H,19,20). The van der Waals surface area contributed by atoms with Gasteiger partial charge in [0.2, 0.25) is 0 Å². The van der Waals surface area contributed by atoms with E-state index >= 15 is 0 Å². The number of carboxylic acids is 1. The van der Waals surface area contributed by atoms with Gasteiger partial charge in [0.25, 0.3) is 5.91 Å². The van der Waals surface area contributed by atoms with Crippen LogP contribution in [-0.2, 0) is 4.79 Å². The molecule has 0 atom stereocenters. The van der Waals surface area contributed by atoms with E-state index in [9.17, 15) is 9.59 Å². The third-order valence-electron chi connectivity index (χ3n) is 3.23. The van der Waals surface area contributed by atoms with Crippen LogP contribution in [0.5, 0.6) is 0 Å². The highest BCUT2D eigenvalue weighted by Gasteiger charge is 2.19. The summed E-state index contributed by atoms with van der Waals surface area (Å²) in [6.07, 6.45) is 1.40. The Hall–Kier alpha value is -1.26. The number of aliphatic carboxylic acids is 1. The summed E-state index contributed by atoms with van der Waals surface area (Å²) in [6, 6.07) is 4.67. The summed E-state index contributed by atoms with van der Waals surface area (Å²) in [6.45, 7) is 4.44. The van der Waals surface area contributed by atoms with Gasteiger partial charge in [0.15, 0.2) is 0 Å². The number of carbonyl (C=O) groups is 2. The minimum atomic E-state index is -0.805. The molecule has 1 aromatic rings. The Morgan fingerprint density at radius 1 is 1.14 bits per heavy atom. The Morgan fingerprint density at radius 2 is 1.71 bits per heavy atom. The van der Waals surface area contributed by atoms with Crippen LogP contribution in [0.4, 0.5) is 0 Å². The molecule has 1 amide bonds. The van der Waals surface area contributed by atoms with Gasteiger partial charge in [-0.05, 0) is 36.5 Å². The maximum Gasteiger partial charge on any atom is 0.303 e. The zero-order valence-electron chi connectivity index (χ0n) is 12.1. The minimum absolute atomic E-state index is 0.130. The van der Waals surface area contributed by atoms with Gasteiger partial charge in [0.05, 0.1) is 0 Å². The van der Waals surface area contributed by atoms with Crippen LogP contribution in [0, 0.1) is 5.41 Å². The van der Waals surface area contributed by atoms with E-state index in [1.165, 1.54) is 0 Å². The van der Waals surface area contributed by atoms with Crippen LogP contribution in [0.15, 0.2) is 18.2 Å². The molecular formula is C15H19Cl2NO3. The van der Waals surface area contributed by atoms with Crippen LogP contribution in [0.25, 0.3) is 0 Å². The maximum absolute atomic E-state index is 12.0. The normalized spacial score (nSPS) is 11.2. The van der Waals surface area contributed by atoms with E-state index in [1.54, 1.807) is 18.2 Å². The molecule has 0 aliphatic carbocycles. The SMILES string of the molecule is CC(C)(CCNC(=O)c1cc(Cl)cc(Cl)c1)CCC(=O)O. The summed E-state index contributed by atoms with van der Waals surface area (Å²) in [4.78, 5) is 22.6. The fraction of sp³-hybridized carbons (Fsp3) is 0.467. The maximum atomic E-state index is 12.0. The summed E-state index contributed by atoms with van der Waals surface area (Å²) in [5.41, 5.74) is 0.272. The molecule has 0 radical (unpaired) electrons. The first-order valence-corrected chi connectivity index (χ1v) is 7.41. The van der Waals surface area contributed by atoms with Gasteiger partial charge in [-0.3, -0.25) is 9.59 Å². The number of hydrogen-bond donors (Lipinski definition) is 2. The molecule has 116 valence electrons. The first-order chi connectivity index (χ1) is 9.69. The van der Waals surface area contributed by atoms with Gasteiger partial charge in [-0.2, -0.15) is 0 Å². The number of nitrogens with one attached hydrogen (secondary N) is 1. The van der Waals surface area contributed by atoms with E-state index < -0.39 is 5.97 Å². The molecule has 0 saturated carbocycles. The van der Waals surface area contributed by atoms with E-state index in [0.29, 0.717) is 35.0 Å². The Labute approximate surface area is 134 Å². The van der Waals surface area contributed by atoms with Gasteiger partial charge in [-0.15, -0.1) is 0 Å². The number of amides is 1. The van der Waals surface area contributed by atoms with Crippen molar-refractivity contribution in [1.82, 2.24) is 5.32 Å². The molecule has 4 nitrogen and oxygen atoms in total. The number of halogens is 2. The second-order valence-corrected chi connectivity index (χ2v) is 6.59. The topological polar surface area (TPSA) is 66.4 Å². The fourth-order valence-electron chi connectivity index (χ4n) is 1.87. The Balaban J connectivity index is 2.47. The molecule has 0 unspecified atom stereocenters. The molecule has 1 aromatic carbocycles. The van der Waals surface area contributed by atoms with Crippen molar-refractivity contribution in [3.8, 4) is 0 Å². The molecule has 0 spiro atoms. The lowest BCUT2D eigenvalue weighted by Gasteiger charge is -2.23. The molecule has 0 aromatic heterocycles. The average molecular weight is 332 g/mol. The summed E-state index contributed by atoms with van der Waals surface area (Å²) in [5.74, 6) is -1.05. The zero-order chi connectivity index (χ0) is 16.0. The summed E-state index contributed by atoms with van der Waals surface area (Å²) < 4.78 is 0. The number of carboxylic acid groups (broad SMARTS) is 1. The van der Waals surface area contributed by atoms with Gasteiger partial charge in [-0.25, -0.2) is 0 Å². The molecule has 0 aliphatic rings. The highest BCUT2D eigenvalue weighted by atomic mass is 35.5. The lowest BCUT2D eigenvalue weighted by atomic mass is 9.84. The molecule has 0 saturated heterocycles. The molecular weight excluding hydrogens is 313 g/mol. The van der Waals surface area contributed by atoms with Gasteiger partial charge in [0, 0.05) is 28.6 Å². The fourth-order valence-corrected chi connectivity index (χ4v) is 2.40. The van der Waals surface area contributed by atoms with Crippen molar-refractivity contribution < 1.29 is 14.7 Å². The Bertz CT molecular complexity index is 509. The van der Waals surface area contributed by atoms with Crippen LogP contribution in [-0.4, -0.2) is 23.5 Å². The van der Waals surface area contributed by atoms with Crippen molar-refractivity contribution in [2.75, 3.05) is 6.54 Å². The zero-order valence-corrected chi connectivity index (χ0v) is 13.6. The van der Waals surface area contributed by atoms with Gasteiger partial charge in [0.1, 0.15) is 0 Å². The van der Waals surface area contributed by atoms with Crippen LogP contribution in [0.2, 0.25) is 10.0 Å². The highest BCUT2D eigenvalue weighted by molar-refractivity contribution is 6.35.